The molecule has 1 N–H and O–H groups in total. The largest absolute Gasteiger partial charge is 0.371 e. The van der Waals surface area contributed by atoms with Gasteiger partial charge in [-0.1, -0.05) is 17.7 Å². The Morgan fingerprint density at radius 1 is 1.30 bits per heavy atom. The van der Waals surface area contributed by atoms with Gasteiger partial charge in [0.15, 0.2) is 0 Å². The zero-order valence-electron chi connectivity index (χ0n) is 14.1. The summed E-state index contributed by atoms with van der Waals surface area (Å²) in [6, 6.07) is 7.26. The fourth-order valence-corrected chi connectivity index (χ4v) is 3.37. The predicted octanol–water partition coefficient (Wildman–Crippen LogP) is 3.70. The van der Waals surface area contributed by atoms with Gasteiger partial charge in [0.25, 0.3) is 0 Å². The second kappa shape index (κ2) is 6.93. The molecule has 0 saturated carbocycles. The van der Waals surface area contributed by atoms with Gasteiger partial charge in [-0.15, -0.1) is 0 Å². The van der Waals surface area contributed by atoms with E-state index in [0.29, 0.717) is 12.1 Å². The summed E-state index contributed by atoms with van der Waals surface area (Å²) in [5.41, 5.74) is 3.62. The van der Waals surface area contributed by atoms with Crippen LogP contribution in [0.1, 0.15) is 36.9 Å². The molecule has 23 heavy (non-hydrogen) atoms. The number of benzene rings is 1. The number of rotatable bonds is 4. The van der Waals surface area contributed by atoms with Crippen LogP contribution in [0.3, 0.4) is 0 Å². The minimum absolute atomic E-state index is 0.342. The monoisotopic (exact) mass is 332 g/mol. The van der Waals surface area contributed by atoms with E-state index in [9.17, 15) is 0 Å². The molecule has 2 heterocycles. The van der Waals surface area contributed by atoms with Crippen LogP contribution in [0.4, 0.5) is 5.69 Å². The topological polar surface area (TPSA) is 33.1 Å². The Morgan fingerprint density at radius 2 is 2.04 bits per heavy atom. The van der Waals surface area contributed by atoms with Crippen molar-refractivity contribution in [1.29, 1.82) is 0 Å². The van der Waals surface area contributed by atoms with Gasteiger partial charge in [0.05, 0.1) is 6.20 Å². The number of anilines is 1. The van der Waals surface area contributed by atoms with Crippen molar-refractivity contribution in [2.24, 2.45) is 7.05 Å². The van der Waals surface area contributed by atoms with Gasteiger partial charge in [0.1, 0.15) is 0 Å². The number of aryl methyl sites for hydroxylation is 2. The van der Waals surface area contributed by atoms with Crippen LogP contribution in [0.2, 0.25) is 5.02 Å². The van der Waals surface area contributed by atoms with Crippen molar-refractivity contribution >= 4 is 17.3 Å². The first kappa shape index (κ1) is 16.3. The molecule has 1 aromatic heterocycles. The minimum Gasteiger partial charge on any atom is -0.371 e. The molecule has 0 unspecified atom stereocenters. The number of nitrogens with one attached hydrogen (secondary N) is 1. The molecule has 0 spiro atoms. The first-order valence-corrected chi connectivity index (χ1v) is 8.66. The van der Waals surface area contributed by atoms with Crippen LogP contribution in [0.5, 0.6) is 0 Å². The van der Waals surface area contributed by atoms with Gasteiger partial charge in [-0.3, -0.25) is 4.68 Å². The fraction of sp³-hybridized carbons (Fsp3) is 0.500. The summed E-state index contributed by atoms with van der Waals surface area (Å²) < 4.78 is 1.86. The summed E-state index contributed by atoms with van der Waals surface area (Å²) in [6.07, 6.45) is 6.33. The molecular formula is C18H25ClN4. The van der Waals surface area contributed by atoms with Crippen LogP contribution in [-0.2, 0) is 7.05 Å². The van der Waals surface area contributed by atoms with E-state index in [-0.39, 0.29) is 0 Å². The maximum atomic E-state index is 6.25. The third-order valence-electron chi connectivity index (χ3n) is 4.73. The van der Waals surface area contributed by atoms with Crippen molar-refractivity contribution in [1.82, 2.24) is 15.1 Å². The van der Waals surface area contributed by atoms with E-state index in [1.807, 2.05) is 24.9 Å². The second-order valence-electron chi connectivity index (χ2n) is 6.53. The van der Waals surface area contributed by atoms with Crippen LogP contribution in [-0.4, -0.2) is 28.9 Å². The maximum Gasteiger partial charge on any atom is 0.0537 e. The average Bonchev–Trinajstić information content (AvgIpc) is 2.97. The number of piperidine rings is 1. The Kier molecular flexibility index (Phi) is 4.93. The van der Waals surface area contributed by atoms with Gasteiger partial charge in [-0.05, 0) is 44.4 Å². The Hall–Kier alpha value is -1.52. The Bertz CT molecular complexity index is 659. The number of halogens is 1. The molecule has 1 aliphatic heterocycles. The van der Waals surface area contributed by atoms with Crippen molar-refractivity contribution < 1.29 is 0 Å². The molecule has 1 aliphatic rings. The maximum absolute atomic E-state index is 6.25. The third-order valence-corrected chi connectivity index (χ3v) is 5.13. The lowest BCUT2D eigenvalue weighted by Crippen LogP contribution is -2.43. The highest BCUT2D eigenvalue weighted by Gasteiger charge is 2.21. The van der Waals surface area contributed by atoms with Crippen molar-refractivity contribution in [3.05, 3.63) is 46.7 Å². The highest BCUT2D eigenvalue weighted by molar-refractivity contribution is 6.31. The summed E-state index contributed by atoms with van der Waals surface area (Å²) in [5, 5.41) is 8.84. The molecule has 1 atom stereocenters. The molecule has 124 valence electrons. The lowest BCUT2D eigenvalue weighted by Gasteiger charge is -2.35. The molecule has 2 aromatic rings. The lowest BCUT2D eigenvalue weighted by molar-refractivity contribution is 0.381. The molecule has 5 heteroatoms. The zero-order valence-corrected chi connectivity index (χ0v) is 14.8. The highest BCUT2D eigenvalue weighted by atomic mass is 35.5. The van der Waals surface area contributed by atoms with Gasteiger partial charge in [0, 0.05) is 54.7 Å². The van der Waals surface area contributed by atoms with Crippen molar-refractivity contribution in [3.8, 4) is 0 Å². The molecule has 1 saturated heterocycles. The van der Waals surface area contributed by atoms with E-state index in [1.54, 1.807) is 0 Å². The molecule has 1 aromatic carbocycles. The van der Waals surface area contributed by atoms with Crippen LogP contribution in [0.15, 0.2) is 30.6 Å². The molecule has 3 rings (SSSR count). The second-order valence-corrected chi connectivity index (χ2v) is 6.94. The first-order valence-electron chi connectivity index (χ1n) is 8.28. The Morgan fingerprint density at radius 3 is 2.65 bits per heavy atom. The Labute approximate surface area is 143 Å². The summed E-state index contributed by atoms with van der Waals surface area (Å²) in [7, 11) is 1.96. The number of hydrogen-bond acceptors (Lipinski definition) is 3. The molecule has 0 radical (unpaired) electrons. The molecule has 0 bridgehead atoms. The Balaban J connectivity index is 1.54. The fourth-order valence-electron chi connectivity index (χ4n) is 3.20. The minimum atomic E-state index is 0.342. The van der Waals surface area contributed by atoms with Crippen LogP contribution >= 0.6 is 11.6 Å². The lowest BCUT2D eigenvalue weighted by atomic mass is 10.0. The quantitative estimate of drug-likeness (QED) is 0.926. The highest BCUT2D eigenvalue weighted by Crippen LogP contribution is 2.26. The standard InChI is InChI=1S/C18H25ClN4/c1-13-4-5-17(10-18(13)19)23-8-6-16(7-9-23)21-14(2)15-11-20-22(3)12-15/h4-5,10-12,14,16,21H,6-9H2,1-3H3/t14-/m1/s1. The van der Waals surface area contributed by atoms with Crippen LogP contribution < -0.4 is 10.2 Å². The number of aromatic nitrogens is 2. The van der Waals surface area contributed by atoms with Crippen LogP contribution in [0, 0.1) is 6.92 Å². The van der Waals surface area contributed by atoms with Gasteiger partial charge in [-0.2, -0.15) is 5.10 Å². The third kappa shape index (κ3) is 3.88. The van der Waals surface area contributed by atoms with Gasteiger partial charge < -0.3 is 10.2 Å². The molecule has 1 fully saturated rings. The molecule has 0 aliphatic carbocycles. The first-order chi connectivity index (χ1) is 11.0. The normalized spacial score (nSPS) is 17.5. The average molecular weight is 333 g/mol. The smallest absolute Gasteiger partial charge is 0.0537 e. The van der Waals surface area contributed by atoms with E-state index in [4.69, 9.17) is 11.6 Å². The molecule has 4 nitrogen and oxygen atoms in total. The SMILES string of the molecule is Cc1ccc(N2CCC(N[C@H](C)c3cnn(C)c3)CC2)cc1Cl. The number of nitrogens with zero attached hydrogens (tertiary/aromatic N) is 3. The predicted molar refractivity (Wildman–Crippen MR) is 96.2 cm³/mol. The molecule has 0 amide bonds. The van der Waals surface area contributed by atoms with Gasteiger partial charge in [0.2, 0.25) is 0 Å². The van der Waals surface area contributed by atoms with Gasteiger partial charge >= 0.3 is 0 Å². The van der Waals surface area contributed by atoms with Crippen LogP contribution in [0.25, 0.3) is 0 Å². The van der Waals surface area contributed by atoms with E-state index in [1.165, 1.54) is 11.3 Å². The van der Waals surface area contributed by atoms with Crippen molar-refractivity contribution in [3.63, 3.8) is 0 Å². The number of hydrogen-bond donors (Lipinski definition) is 1. The van der Waals surface area contributed by atoms with E-state index in [2.05, 4.69) is 46.6 Å². The van der Waals surface area contributed by atoms with E-state index < -0.39 is 0 Å². The summed E-state index contributed by atoms with van der Waals surface area (Å²) in [4.78, 5) is 2.43. The summed E-state index contributed by atoms with van der Waals surface area (Å²) in [5.74, 6) is 0. The molecular weight excluding hydrogens is 308 g/mol. The summed E-state index contributed by atoms with van der Waals surface area (Å²) >= 11 is 6.25. The van der Waals surface area contributed by atoms with E-state index in [0.717, 1.165) is 36.5 Å². The van der Waals surface area contributed by atoms with E-state index >= 15 is 0 Å². The summed E-state index contributed by atoms with van der Waals surface area (Å²) in [6.45, 7) is 6.39. The zero-order chi connectivity index (χ0) is 16.4. The van der Waals surface area contributed by atoms with Crippen molar-refractivity contribution in [2.45, 2.75) is 38.8 Å². The van der Waals surface area contributed by atoms with Gasteiger partial charge in [-0.25, -0.2) is 0 Å². The van der Waals surface area contributed by atoms with Crippen molar-refractivity contribution in [2.75, 3.05) is 18.0 Å².